The molecule has 2 aromatic carbocycles. The maximum absolute atomic E-state index is 14.0. The number of benzene rings is 2. The molecule has 1 fully saturated rings. The van der Waals surface area contributed by atoms with Gasteiger partial charge < -0.3 is 10.2 Å². The van der Waals surface area contributed by atoms with E-state index in [0.29, 0.717) is 18.7 Å². The average molecular weight is 432 g/mol. The van der Waals surface area contributed by atoms with E-state index >= 15 is 0 Å². The van der Waals surface area contributed by atoms with Gasteiger partial charge in [0.2, 0.25) is 0 Å². The normalized spacial score (nSPS) is 19.1. The minimum Gasteiger partial charge on any atom is -0.371 e. The molecule has 1 saturated heterocycles. The van der Waals surface area contributed by atoms with E-state index in [1.807, 2.05) is 30.1 Å². The van der Waals surface area contributed by atoms with Crippen LogP contribution in [0.1, 0.15) is 23.2 Å². The monoisotopic (exact) mass is 431 g/mol. The second-order valence-electron chi connectivity index (χ2n) is 6.69. The molecule has 3 rings (SSSR count). The first-order valence-corrected chi connectivity index (χ1v) is 8.69. The number of carbonyl (C=O) groups is 1. The molecule has 0 aliphatic carbocycles. The number of nitrogens with zero attached hydrogens (tertiary/aromatic N) is 2. The summed E-state index contributed by atoms with van der Waals surface area (Å²) >= 11 is 0. The number of carbonyl (C=O) groups excluding carboxylic acids is 1. The third-order valence-corrected chi connectivity index (χ3v) is 4.94. The lowest BCUT2D eigenvalue weighted by atomic mass is 10.0. The van der Waals surface area contributed by atoms with E-state index in [1.54, 1.807) is 30.1 Å². The van der Waals surface area contributed by atoms with Crippen LogP contribution in [0.2, 0.25) is 0 Å². The SMILES string of the molecule is CN1CCC(N(C)c2cccc(NC(=O)c3ccccc3F)c2)CC1F.Cl.Cl. The predicted molar refractivity (Wildman–Crippen MR) is 114 cm³/mol. The fourth-order valence-electron chi connectivity index (χ4n) is 3.22. The maximum Gasteiger partial charge on any atom is 0.258 e. The van der Waals surface area contributed by atoms with Gasteiger partial charge in [-0.25, -0.2) is 8.78 Å². The number of halogens is 4. The third-order valence-electron chi connectivity index (χ3n) is 4.94. The molecule has 1 N–H and O–H groups in total. The van der Waals surface area contributed by atoms with Crippen molar-refractivity contribution in [1.29, 1.82) is 0 Å². The summed E-state index contributed by atoms with van der Waals surface area (Å²) in [5.41, 5.74) is 1.47. The molecular weight excluding hydrogens is 407 g/mol. The Hall–Kier alpha value is -1.89. The zero-order chi connectivity index (χ0) is 18.7. The molecule has 1 aliphatic rings. The molecule has 2 aromatic rings. The van der Waals surface area contributed by atoms with Crippen molar-refractivity contribution in [3.63, 3.8) is 0 Å². The topological polar surface area (TPSA) is 35.6 Å². The Labute approximate surface area is 176 Å². The largest absolute Gasteiger partial charge is 0.371 e. The maximum atomic E-state index is 14.0. The summed E-state index contributed by atoms with van der Waals surface area (Å²) in [6, 6.07) is 13.3. The summed E-state index contributed by atoms with van der Waals surface area (Å²) in [5, 5.41) is 2.73. The van der Waals surface area contributed by atoms with Crippen LogP contribution in [0.15, 0.2) is 48.5 Å². The Balaban J connectivity index is 0.00000196. The first kappa shape index (κ1) is 24.1. The van der Waals surface area contributed by atoms with Crippen LogP contribution in [0.25, 0.3) is 0 Å². The van der Waals surface area contributed by atoms with Crippen LogP contribution < -0.4 is 10.2 Å². The van der Waals surface area contributed by atoms with E-state index in [9.17, 15) is 13.6 Å². The highest BCUT2D eigenvalue weighted by molar-refractivity contribution is 6.04. The number of hydrogen-bond acceptors (Lipinski definition) is 3. The number of anilines is 2. The number of rotatable bonds is 4. The van der Waals surface area contributed by atoms with Crippen molar-refractivity contribution in [1.82, 2.24) is 4.90 Å². The predicted octanol–water partition coefficient (Wildman–Crippen LogP) is 4.75. The van der Waals surface area contributed by atoms with Gasteiger partial charge in [-0.3, -0.25) is 9.69 Å². The molecular formula is C20H25Cl2F2N3O. The lowest BCUT2D eigenvalue weighted by Gasteiger charge is -2.38. The van der Waals surface area contributed by atoms with Crippen LogP contribution >= 0.6 is 24.8 Å². The number of nitrogens with one attached hydrogen (secondary N) is 1. The summed E-state index contributed by atoms with van der Waals surface area (Å²) in [6.07, 6.45) is 0.373. The molecule has 2 unspecified atom stereocenters. The van der Waals surface area contributed by atoms with Crippen LogP contribution in [0, 0.1) is 5.82 Å². The lowest BCUT2D eigenvalue weighted by Crippen LogP contribution is -2.45. The van der Waals surface area contributed by atoms with Crippen LogP contribution in [-0.2, 0) is 0 Å². The summed E-state index contributed by atoms with van der Waals surface area (Å²) in [6.45, 7) is 0.708. The lowest BCUT2D eigenvalue weighted by molar-refractivity contribution is 0.0609. The average Bonchev–Trinajstić information content (AvgIpc) is 2.64. The summed E-state index contributed by atoms with van der Waals surface area (Å²) in [7, 11) is 3.72. The molecule has 0 bridgehead atoms. The van der Waals surface area contributed by atoms with Crippen molar-refractivity contribution in [3.8, 4) is 0 Å². The zero-order valence-corrected chi connectivity index (χ0v) is 17.4. The van der Waals surface area contributed by atoms with E-state index in [1.165, 1.54) is 12.1 Å². The van der Waals surface area contributed by atoms with E-state index in [2.05, 4.69) is 5.32 Å². The van der Waals surface area contributed by atoms with Crippen molar-refractivity contribution in [3.05, 3.63) is 59.9 Å². The molecule has 154 valence electrons. The molecule has 4 nitrogen and oxygen atoms in total. The smallest absolute Gasteiger partial charge is 0.258 e. The van der Waals surface area contributed by atoms with E-state index in [4.69, 9.17) is 0 Å². The highest BCUT2D eigenvalue weighted by atomic mass is 35.5. The molecule has 0 spiro atoms. The summed E-state index contributed by atoms with van der Waals surface area (Å²) in [4.78, 5) is 16.0. The molecule has 1 aliphatic heterocycles. The van der Waals surface area contributed by atoms with Gasteiger partial charge in [0, 0.05) is 37.4 Å². The molecule has 8 heteroatoms. The Morgan fingerprint density at radius 2 is 1.89 bits per heavy atom. The van der Waals surface area contributed by atoms with Crippen molar-refractivity contribution >= 4 is 42.1 Å². The minimum atomic E-state index is -0.944. The second-order valence-corrected chi connectivity index (χ2v) is 6.69. The highest BCUT2D eigenvalue weighted by Gasteiger charge is 2.28. The molecule has 0 saturated carbocycles. The van der Waals surface area contributed by atoms with Crippen molar-refractivity contribution < 1.29 is 13.6 Å². The molecule has 0 radical (unpaired) electrons. The standard InChI is InChI=1S/C20H23F2N3O.2ClH/c1-24-11-10-16(13-19(24)22)25(2)15-7-5-6-14(12-15)23-20(26)17-8-3-4-9-18(17)21;;/h3-9,12,16,19H,10-11,13H2,1-2H3,(H,23,26);2*1H. The molecule has 2 atom stereocenters. The highest BCUT2D eigenvalue weighted by Crippen LogP contribution is 2.27. The molecule has 28 heavy (non-hydrogen) atoms. The summed E-state index contributed by atoms with van der Waals surface area (Å²) < 4.78 is 27.7. The number of amides is 1. The van der Waals surface area contributed by atoms with Gasteiger partial charge in [0.05, 0.1) is 5.56 Å². The van der Waals surface area contributed by atoms with Crippen molar-refractivity contribution in [2.75, 3.05) is 30.9 Å². The first-order valence-electron chi connectivity index (χ1n) is 8.69. The van der Waals surface area contributed by atoms with Gasteiger partial charge in [-0.05, 0) is 43.8 Å². The van der Waals surface area contributed by atoms with Gasteiger partial charge in [-0.1, -0.05) is 18.2 Å². The van der Waals surface area contributed by atoms with Gasteiger partial charge in [-0.15, -0.1) is 24.8 Å². The van der Waals surface area contributed by atoms with Crippen molar-refractivity contribution in [2.45, 2.75) is 25.2 Å². The third kappa shape index (κ3) is 5.56. The number of hydrogen-bond donors (Lipinski definition) is 1. The van der Waals surface area contributed by atoms with E-state index in [-0.39, 0.29) is 36.4 Å². The second kappa shape index (κ2) is 10.6. The Kier molecular flexibility index (Phi) is 9.14. The zero-order valence-electron chi connectivity index (χ0n) is 15.8. The molecule has 1 amide bonds. The van der Waals surface area contributed by atoms with Crippen LogP contribution in [-0.4, -0.2) is 43.8 Å². The Morgan fingerprint density at radius 3 is 2.57 bits per heavy atom. The van der Waals surface area contributed by atoms with Crippen LogP contribution in [0.5, 0.6) is 0 Å². The van der Waals surface area contributed by atoms with Gasteiger partial charge >= 0.3 is 0 Å². The number of likely N-dealkylation sites (tertiary alicyclic amines) is 1. The number of piperidine rings is 1. The minimum absolute atomic E-state index is 0. The van der Waals surface area contributed by atoms with Crippen LogP contribution in [0.4, 0.5) is 20.2 Å². The van der Waals surface area contributed by atoms with E-state index < -0.39 is 18.0 Å². The van der Waals surface area contributed by atoms with E-state index in [0.717, 1.165) is 12.1 Å². The fourth-order valence-corrected chi connectivity index (χ4v) is 3.22. The Morgan fingerprint density at radius 1 is 1.18 bits per heavy atom. The fraction of sp³-hybridized carbons (Fsp3) is 0.350. The van der Waals surface area contributed by atoms with Crippen molar-refractivity contribution in [2.24, 2.45) is 0 Å². The number of alkyl halides is 1. The van der Waals surface area contributed by atoms with Crippen LogP contribution in [0.3, 0.4) is 0 Å². The molecule has 0 aromatic heterocycles. The quantitative estimate of drug-likeness (QED) is 0.709. The summed E-state index contributed by atoms with van der Waals surface area (Å²) in [5.74, 6) is -1.05. The van der Waals surface area contributed by atoms with Gasteiger partial charge in [0.15, 0.2) is 6.30 Å². The first-order chi connectivity index (χ1) is 12.5. The van der Waals surface area contributed by atoms with Gasteiger partial charge in [-0.2, -0.15) is 0 Å². The van der Waals surface area contributed by atoms with Gasteiger partial charge in [0.25, 0.3) is 5.91 Å². The molecule has 1 heterocycles. The van der Waals surface area contributed by atoms with Gasteiger partial charge in [0.1, 0.15) is 5.82 Å². The Bertz CT molecular complexity index is 794.